The molecular weight excluding hydrogens is 411 g/mol. The van der Waals surface area contributed by atoms with Crippen LogP contribution in [0.25, 0.3) is 11.4 Å². The molecule has 166 valence electrons. The summed E-state index contributed by atoms with van der Waals surface area (Å²) in [7, 11) is 0. The van der Waals surface area contributed by atoms with Crippen LogP contribution >= 0.6 is 0 Å². The molecule has 0 saturated carbocycles. The summed E-state index contributed by atoms with van der Waals surface area (Å²) >= 11 is 0. The van der Waals surface area contributed by atoms with Gasteiger partial charge in [0.1, 0.15) is 11.5 Å². The smallest absolute Gasteiger partial charge is 0.316 e. The Morgan fingerprint density at radius 2 is 1.66 bits per heavy atom. The molecule has 0 aliphatic heterocycles. The van der Waals surface area contributed by atoms with Crippen molar-refractivity contribution >= 4 is 0 Å². The number of nitriles is 1. The number of benzene rings is 2. The number of allylic oxidation sites excluding steroid dienone is 1. The Morgan fingerprint density at radius 1 is 0.969 bits per heavy atom. The van der Waals surface area contributed by atoms with Gasteiger partial charge in [0, 0.05) is 12.1 Å². The van der Waals surface area contributed by atoms with E-state index in [-0.39, 0.29) is 12.4 Å². The Hall–Kier alpha value is -3.33. The van der Waals surface area contributed by atoms with E-state index >= 15 is 0 Å². The van der Waals surface area contributed by atoms with Gasteiger partial charge in [-0.2, -0.15) is 18.4 Å². The number of aryl methyl sites for hydroxylation is 1. The maximum atomic E-state index is 13.7. The molecule has 1 heterocycles. The van der Waals surface area contributed by atoms with E-state index in [0.29, 0.717) is 11.1 Å². The molecule has 0 saturated heterocycles. The fourth-order valence-electron chi connectivity index (χ4n) is 3.77. The lowest BCUT2D eigenvalue weighted by molar-refractivity contribution is -0.143. The Morgan fingerprint density at radius 3 is 2.31 bits per heavy atom. The second-order valence-electron chi connectivity index (χ2n) is 7.75. The number of unbranched alkanes of at least 4 members (excludes halogenated alkanes) is 4. The van der Waals surface area contributed by atoms with Gasteiger partial charge in [0.05, 0.1) is 17.8 Å². The number of aromatic nitrogens is 2. The third-order valence-electron chi connectivity index (χ3n) is 5.47. The quantitative estimate of drug-likeness (QED) is 0.249. The average molecular weight is 438 g/mol. The molecular formula is C26H26F3N3. The average Bonchev–Trinajstić information content (AvgIpc) is 3.21. The maximum Gasteiger partial charge on any atom is 0.433 e. The predicted octanol–water partition coefficient (Wildman–Crippen LogP) is 7.17. The second-order valence-corrected chi connectivity index (χ2v) is 7.75. The summed E-state index contributed by atoms with van der Waals surface area (Å²) in [4.78, 5) is 4.09. The summed E-state index contributed by atoms with van der Waals surface area (Å²) in [6.07, 6.45) is 4.43. The molecule has 0 radical (unpaired) electrons. The third kappa shape index (κ3) is 5.88. The van der Waals surface area contributed by atoms with Crippen LogP contribution < -0.4 is 0 Å². The van der Waals surface area contributed by atoms with Gasteiger partial charge in [-0.25, -0.2) is 4.98 Å². The van der Waals surface area contributed by atoms with Crippen molar-refractivity contribution in [1.29, 1.82) is 5.26 Å². The van der Waals surface area contributed by atoms with Gasteiger partial charge >= 0.3 is 6.18 Å². The van der Waals surface area contributed by atoms with E-state index in [9.17, 15) is 13.2 Å². The van der Waals surface area contributed by atoms with Crippen molar-refractivity contribution in [1.82, 2.24) is 9.55 Å². The highest BCUT2D eigenvalue weighted by atomic mass is 19.4. The highest BCUT2D eigenvalue weighted by molar-refractivity contribution is 5.58. The predicted molar refractivity (Wildman–Crippen MR) is 120 cm³/mol. The van der Waals surface area contributed by atoms with Crippen LogP contribution in [0.1, 0.15) is 54.5 Å². The molecule has 0 aliphatic carbocycles. The van der Waals surface area contributed by atoms with E-state index < -0.39 is 11.9 Å². The number of rotatable bonds is 10. The van der Waals surface area contributed by atoms with Crippen molar-refractivity contribution in [3.63, 3.8) is 0 Å². The van der Waals surface area contributed by atoms with E-state index in [0.717, 1.165) is 55.8 Å². The molecule has 0 bridgehead atoms. The zero-order valence-corrected chi connectivity index (χ0v) is 17.9. The monoisotopic (exact) mass is 437 g/mol. The van der Waals surface area contributed by atoms with Crippen LogP contribution in [0.5, 0.6) is 0 Å². The molecule has 0 atom stereocenters. The number of halogens is 3. The highest BCUT2D eigenvalue weighted by Gasteiger charge is 2.36. The fraction of sp³-hybridized carbons (Fsp3) is 0.308. The molecule has 0 N–H and O–H groups in total. The van der Waals surface area contributed by atoms with Crippen molar-refractivity contribution < 1.29 is 13.2 Å². The van der Waals surface area contributed by atoms with Gasteiger partial charge in [-0.15, -0.1) is 6.58 Å². The fourth-order valence-corrected chi connectivity index (χ4v) is 3.77. The summed E-state index contributed by atoms with van der Waals surface area (Å²) in [5.41, 5.74) is 2.12. The van der Waals surface area contributed by atoms with E-state index in [1.807, 2.05) is 36.4 Å². The molecule has 32 heavy (non-hydrogen) atoms. The van der Waals surface area contributed by atoms with E-state index in [1.165, 1.54) is 4.57 Å². The summed E-state index contributed by atoms with van der Waals surface area (Å²) in [6.45, 7) is 3.81. The molecule has 0 spiro atoms. The summed E-state index contributed by atoms with van der Waals surface area (Å²) in [5, 5.41) is 9.00. The number of hydrogen-bond donors (Lipinski definition) is 0. The van der Waals surface area contributed by atoms with E-state index in [2.05, 4.69) is 11.6 Å². The molecule has 0 unspecified atom stereocenters. The molecule has 3 nitrogen and oxygen atoms in total. The summed E-state index contributed by atoms with van der Waals surface area (Å²) in [5.74, 6) is 0.237. The first-order chi connectivity index (χ1) is 15.4. The van der Waals surface area contributed by atoms with Crippen molar-refractivity contribution in [2.24, 2.45) is 0 Å². The Bertz CT molecular complexity index is 1070. The standard InChI is InChI=1S/C26H26F3N3/c1-2-3-4-5-6-7-10-21-11-8-9-12-23(21)19-32-24(26(27,28)29)18-31-25(32)22-15-13-20(17-30)14-16-22/h2,8-9,11-16,18H,1,3-7,10,19H2. The van der Waals surface area contributed by atoms with Gasteiger partial charge in [0.2, 0.25) is 0 Å². The molecule has 3 rings (SSSR count). The van der Waals surface area contributed by atoms with Crippen LogP contribution in [-0.2, 0) is 19.1 Å². The zero-order valence-electron chi connectivity index (χ0n) is 17.9. The van der Waals surface area contributed by atoms with E-state index in [4.69, 9.17) is 5.26 Å². The molecule has 2 aromatic carbocycles. The minimum absolute atomic E-state index is 0.0802. The molecule has 1 aromatic heterocycles. The summed E-state index contributed by atoms with van der Waals surface area (Å²) in [6, 6.07) is 16.1. The number of alkyl halides is 3. The van der Waals surface area contributed by atoms with Crippen molar-refractivity contribution in [2.45, 2.75) is 51.2 Å². The van der Waals surface area contributed by atoms with Gasteiger partial charge < -0.3 is 4.57 Å². The van der Waals surface area contributed by atoms with Crippen LogP contribution in [-0.4, -0.2) is 9.55 Å². The van der Waals surface area contributed by atoms with E-state index in [1.54, 1.807) is 24.3 Å². The van der Waals surface area contributed by atoms with Crippen LogP contribution in [0.3, 0.4) is 0 Å². The first-order valence-electron chi connectivity index (χ1n) is 10.7. The largest absolute Gasteiger partial charge is 0.433 e. The Kier molecular flexibility index (Phi) is 7.88. The number of imidazole rings is 1. The SMILES string of the molecule is C=CCCCCCCc1ccccc1Cn1c(C(F)(F)F)cnc1-c1ccc(C#N)cc1. The van der Waals surface area contributed by atoms with Gasteiger partial charge in [0.15, 0.2) is 0 Å². The number of hydrogen-bond acceptors (Lipinski definition) is 2. The van der Waals surface area contributed by atoms with Crippen molar-refractivity contribution in [2.75, 3.05) is 0 Å². The molecule has 0 fully saturated rings. The Labute approximate surface area is 186 Å². The lowest BCUT2D eigenvalue weighted by Gasteiger charge is -2.17. The topological polar surface area (TPSA) is 41.6 Å². The highest BCUT2D eigenvalue weighted by Crippen LogP contribution is 2.33. The normalized spacial score (nSPS) is 11.3. The minimum atomic E-state index is -4.52. The van der Waals surface area contributed by atoms with Crippen LogP contribution in [0.15, 0.2) is 67.4 Å². The molecule has 0 amide bonds. The van der Waals surface area contributed by atoms with Crippen LogP contribution in [0, 0.1) is 11.3 Å². The van der Waals surface area contributed by atoms with Crippen LogP contribution in [0.2, 0.25) is 0 Å². The summed E-state index contributed by atoms with van der Waals surface area (Å²) < 4.78 is 42.4. The van der Waals surface area contributed by atoms with Crippen LogP contribution in [0.4, 0.5) is 13.2 Å². The number of nitrogens with zero attached hydrogens (tertiary/aromatic N) is 3. The van der Waals surface area contributed by atoms with Gasteiger partial charge in [0.25, 0.3) is 0 Å². The molecule has 0 aliphatic rings. The van der Waals surface area contributed by atoms with Crippen molar-refractivity contribution in [3.05, 3.63) is 89.8 Å². The van der Waals surface area contributed by atoms with Gasteiger partial charge in [-0.1, -0.05) is 43.2 Å². The first kappa shape index (κ1) is 23.3. The lowest BCUT2D eigenvalue weighted by Crippen LogP contribution is -2.16. The first-order valence-corrected chi connectivity index (χ1v) is 10.7. The maximum absolute atomic E-state index is 13.7. The van der Waals surface area contributed by atoms with Crippen molar-refractivity contribution in [3.8, 4) is 17.5 Å². The Balaban J connectivity index is 1.87. The lowest BCUT2D eigenvalue weighted by atomic mass is 10.00. The minimum Gasteiger partial charge on any atom is -0.316 e. The third-order valence-corrected chi connectivity index (χ3v) is 5.47. The zero-order chi connectivity index (χ0) is 23.0. The van der Waals surface area contributed by atoms with Gasteiger partial charge in [-0.05, 0) is 61.1 Å². The molecule has 6 heteroatoms. The second kappa shape index (κ2) is 10.8. The molecule has 3 aromatic rings. The van der Waals surface area contributed by atoms with Gasteiger partial charge in [-0.3, -0.25) is 0 Å².